The van der Waals surface area contributed by atoms with Gasteiger partial charge in [-0.2, -0.15) is 17.5 Å². The quantitative estimate of drug-likeness (QED) is 0.366. The van der Waals surface area contributed by atoms with E-state index >= 15 is 0 Å². The number of carbonyl (C=O) groups is 1. The highest BCUT2D eigenvalue weighted by atomic mass is 35.5. The minimum absolute atomic E-state index is 0.194. The highest BCUT2D eigenvalue weighted by molar-refractivity contribution is 7.91. The Labute approximate surface area is 222 Å². The average molecular weight is 572 g/mol. The summed E-state index contributed by atoms with van der Waals surface area (Å²) in [7, 11) is -3.72. The molecule has 2 heterocycles. The first-order valence-corrected chi connectivity index (χ1v) is 14.2. The van der Waals surface area contributed by atoms with Gasteiger partial charge in [-0.3, -0.25) is 4.79 Å². The highest BCUT2D eigenvalue weighted by Gasteiger charge is 2.36. The van der Waals surface area contributed by atoms with Gasteiger partial charge in [-0.05, 0) is 66.9 Å². The van der Waals surface area contributed by atoms with E-state index in [0.717, 1.165) is 29.9 Å². The number of nitrogens with zero attached hydrogens (tertiary/aromatic N) is 1. The summed E-state index contributed by atoms with van der Waals surface area (Å²) in [6, 6.07) is 14.4. The number of hydrogen-bond donors (Lipinski definition) is 2. The van der Waals surface area contributed by atoms with E-state index in [2.05, 4.69) is 10.6 Å². The number of nitrogens with one attached hydrogen (secondary N) is 2. The maximum Gasteiger partial charge on any atom is 0.416 e. The molecule has 3 aromatic rings. The molecular formula is C25H25ClF3N3O3S2. The van der Waals surface area contributed by atoms with E-state index in [0.29, 0.717) is 47.1 Å². The number of carbonyl (C=O) groups excluding carboxylic acids is 1. The third-order valence-corrected chi connectivity index (χ3v) is 9.80. The van der Waals surface area contributed by atoms with Gasteiger partial charge >= 0.3 is 6.18 Å². The Hall–Kier alpha value is -2.44. The minimum atomic E-state index is -4.38. The molecule has 37 heavy (non-hydrogen) atoms. The number of sulfonamides is 1. The van der Waals surface area contributed by atoms with E-state index in [1.807, 2.05) is 0 Å². The molecule has 1 aliphatic heterocycles. The van der Waals surface area contributed by atoms with Gasteiger partial charge in [0.25, 0.3) is 15.9 Å². The van der Waals surface area contributed by atoms with Crippen molar-refractivity contribution in [2.75, 3.05) is 13.1 Å². The largest absolute Gasteiger partial charge is 0.416 e. The van der Waals surface area contributed by atoms with Gasteiger partial charge in [0.15, 0.2) is 0 Å². The predicted molar refractivity (Wildman–Crippen MR) is 137 cm³/mol. The summed E-state index contributed by atoms with van der Waals surface area (Å²) in [6.07, 6.45) is -2.97. The number of halogens is 4. The first-order valence-electron chi connectivity index (χ1n) is 11.6. The Bertz CT molecular complexity index is 1330. The molecule has 0 aliphatic carbocycles. The molecule has 198 valence electrons. The standard InChI is InChI=1S/C25H25ClF3N3O3S2/c26-20-9-5-18(6-10-20)24(33)31-16-22-11-12-23(36-22)37(34,35)32-13-1-2-21(32)15-30-14-17-3-7-19(8-4-17)25(27,28)29/h3-12,21,30H,1-2,13-16H2,(H,31,33). The fraction of sp³-hybridized carbons (Fsp3) is 0.320. The second-order valence-corrected chi connectivity index (χ2v) is 12.4. The molecule has 0 bridgehead atoms. The molecule has 0 saturated carbocycles. The molecular weight excluding hydrogens is 547 g/mol. The van der Waals surface area contributed by atoms with Gasteiger partial charge in [0, 0.05) is 41.1 Å². The molecule has 1 unspecified atom stereocenters. The lowest BCUT2D eigenvalue weighted by molar-refractivity contribution is -0.137. The topological polar surface area (TPSA) is 78.5 Å². The molecule has 2 N–H and O–H groups in total. The van der Waals surface area contributed by atoms with Crippen molar-refractivity contribution >= 4 is 38.9 Å². The molecule has 1 fully saturated rings. The third-order valence-electron chi connectivity index (χ3n) is 6.04. The lowest BCUT2D eigenvalue weighted by atomic mass is 10.1. The predicted octanol–water partition coefficient (Wildman–Crippen LogP) is 5.29. The summed E-state index contributed by atoms with van der Waals surface area (Å²) in [5.74, 6) is -0.284. The SMILES string of the molecule is O=C(NCc1ccc(S(=O)(=O)N2CCCC2CNCc2ccc(C(F)(F)F)cc2)s1)c1ccc(Cl)cc1. The third kappa shape index (κ3) is 6.91. The van der Waals surface area contributed by atoms with Gasteiger partial charge in [0.05, 0.1) is 12.1 Å². The normalized spacial score (nSPS) is 16.7. The zero-order valence-electron chi connectivity index (χ0n) is 19.6. The number of alkyl halides is 3. The van der Waals surface area contributed by atoms with E-state index < -0.39 is 21.8 Å². The van der Waals surface area contributed by atoms with Gasteiger partial charge in [-0.1, -0.05) is 23.7 Å². The molecule has 4 rings (SSSR count). The molecule has 0 spiro atoms. The molecule has 1 amide bonds. The summed E-state index contributed by atoms with van der Waals surface area (Å²) < 4.78 is 66.5. The maximum atomic E-state index is 13.3. The molecule has 12 heteroatoms. The Kier molecular flexibility index (Phi) is 8.59. The summed E-state index contributed by atoms with van der Waals surface area (Å²) in [4.78, 5) is 13.0. The summed E-state index contributed by atoms with van der Waals surface area (Å²) in [5.41, 5.74) is 0.436. The molecule has 1 atom stereocenters. The Morgan fingerprint density at radius 3 is 2.41 bits per heavy atom. The summed E-state index contributed by atoms with van der Waals surface area (Å²) in [5, 5.41) is 6.48. The number of amides is 1. The van der Waals surface area contributed by atoms with Crippen molar-refractivity contribution < 1.29 is 26.4 Å². The second-order valence-electron chi connectivity index (χ2n) is 8.65. The number of thiophene rings is 1. The van der Waals surface area contributed by atoms with Crippen molar-refractivity contribution in [3.63, 3.8) is 0 Å². The number of hydrogen-bond acceptors (Lipinski definition) is 5. The van der Waals surface area contributed by atoms with Crippen molar-refractivity contribution in [2.24, 2.45) is 0 Å². The molecule has 6 nitrogen and oxygen atoms in total. The zero-order chi connectivity index (χ0) is 26.6. The molecule has 1 aromatic heterocycles. The van der Waals surface area contributed by atoms with Crippen LogP contribution >= 0.6 is 22.9 Å². The van der Waals surface area contributed by atoms with E-state index in [1.165, 1.54) is 16.4 Å². The zero-order valence-corrected chi connectivity index (χ0v) is 22.0. The van der Waals surface area contributed by atoms with Crippen LogP contribution in [0.5, 0.6) is 0 Å². The molecule has 1 aliphatic rings. The lowest BCUT2D eigenvalue weighted by Crippen LogP contribution is -2.41. The first-order chi connectivity index (χ1) is 17.5. The Morgan fingerprint density at radius 1 is 1.03 bits per heavy atom. The Balaban J connectivity index is 1.32. The smallest absolute Gasteiger partial charge is 0.347 e. The van der Waals surface area contributed by atoms with Crippen LogP contribution in [0.15, 0.2) is 64.9 Å². The van der Waals surface area contributed by atoms with Gasteiger partial charge in [-0.15, -0.1) is 11.3 Å². The van der Waals surface area contributed by atoms with E-state index in [4.69, 9.17) is 11.6 Å². The fourth-order valence-electron chi connectivity index (χ4n) is 4.10. The Morgan fingerprint density at radius 2 is 1.73 bits per heavy atom. The van der Waals surface area contributed by atoms with Crippen molar-refractivity contribution in [3.8, 4) is 0 Å². The van der Waals surface area contributed by atoms with E-state index in [9.17, 15) is 26.4 Å². The first kappa shape index (κ1) is 27.6. The molecule has 1 saturated heterocycles. The van der Waals surface area contributed by atoms with Crippen LogP contribution in [0.2, 0.25) is 5.02 Å². The highest BCUT2D eigenvalue weighted by Crippen LogP contribution is 2.31. The van der Waals surface area contributed by atoms with Gasteiger partial charge < -0.3 is 10.6 Å². The fourth-order valence-corrected chi connectivity index (χ4v) is 7.35. The summed E-state index contributed by atoms with van der Waals surface area (Å²) in [6.45, 7) is 1.31. The minimum Gasteiger partial charge on any atom is -0.347 e. The lowest BCUT2D eigenvalue weighted by Gasteiger charge is -2.23. The molecule has 0 radical (unpaired) electrons. The van der Waals surface area contributed by atoms with Crippen LogP contribution in [0.25, 0.3) is 0 Å². The van der Waals surface area contributed by atoms with Gasteiger partial charge in [0.1, 0.15) is 4.21 Å². The van der Waals surface area contributed by atoms with Crippen LogP contribution in [0.4, 0.5) is 13.2 Å². The second kappa shape index (κ2) is 11.5. The molecule has 2 aromatic carbocycles. The number of benzene rings is 2. The average Bonchev–Trinajstić information content (AvgIpc) is 3.53. The van der Waals surface area contributed by atoms with Gasteiger partial charge in [0.2, 0.25) is 0 Å². The summed E-state index contributed by atoms with van der Waals surface area (Å²) >= 11 is 6.96. The van der Waals surface area contributed by atoms with Crippen molar-refractivity contribution in [1.82, 2.24) is 14.9 Å². The van der Waals surface area contributed by atoms with Crippen LogP contribution in [0.3, 0.4) is 0 Å². The van der Waals surface area contributed by atoms with Gasteiger partial charge in [-0.25, -0.2) is 8.42 Å². The van der Waals surface area contributed by atoms with Crippen LogP contribution in [-0.2, 0) is 29.3 Å². The van der Waals surface area contributed by atoms with E-state index in [1.54, 1.807) is 36.4 Å². The van der Waals surface area contributed by atoms with Crippen molar-refractivity contribution in [1.29, 1.82) is 0 Å². The van der Waals surface area contributed by atoms with Crippen LogP contribution in [0, 0.1) is 0 Å². The van der Waals surface area contributed by atoms with Crippen LogP contribution in [-0.4, -0.2) is 37.8 Å². The monoisotopic (exact) mass is 571 g/mol. The maximum absolute atomic E-state index is 13.3. The van der Waals surface area contributed by atoms with Crippen molar-refractivity contribution in [3.05, 3.63) is 87.3 Å². The van der Waals surface area contributed by atoms with Crippen LogP contribution < -0.4 is 10.6 Å². The van der Waals surface area contributed by atoms with Crippen LogP contribution in [0.1, 0.15) is 39.2 Å². The van der Waals surface area contributed by atoms with Crippen molar-refractivity contribution in [2.45, 2.75) is 42.4 Å². The number of rotatable bonds is 9. The van der Waals surface area contributed by atoms with E-state index in [-0.39, 0.29) is 22.7 Å².